The van der Waals surface area contributed by atoms with Crippen LogP contribution in [0.1, 0.15) is 57.1 Å². The van der Waals surface area contributed by atoms with E-state index in [0.29, 0.717) is 11.3 Å². The monoisotopic (exact) mass is 281 g/mol. The lowest BCUT2D eigenvalue weighted by Gasteiger charge is -2.27. The molecule has 2 aliphatic carbocycles. The summed E-state index contributed by atoms with van der Waals surface area (Å²) in [7, 11) is 0. The molecule has 4 atom stereocenters. The molecular formula is C16H24ClNO. The molecule has 0 aromatic carbocycles. The number of hydrogen-bond acceptors (Lipinski definition) is 2. The van der Waals surface area contributed by atoms with Crippen LogP contribution in [0.5, 0.6) is 0 Å². The zero-order chi connectivity index (χ0) is 13.2. The Hall–Kier alpha value is -0.470. The summed E-state index contributed by atoms with van der Waals surface area (Å²) in [6.07, 6.45) is 9.92. The Labute approximate surface area is 120 Å². The number of fused-ring (bicyclic) bond motifs is 2. The highest BCUT2D eigenvalue weighted by Crippen LogP contribution is 2.51. The molecule has 19 heavy (non-hydrogen) atoms. The van der Waals surface area contributed by atoms with Gasteiger partial charge in [-0.3, -0.25) is 0 Å². The number of furan rings is 1. The normalized spacial score (nSPS) is 30.9. The van der Waals surface area contributed by atoms with Gasteiger partial charge in [0.25, 0.3) is 0 Å². The minimum Gasteiger partial charge on any atom is -0.453 e. The quantitative estimate of drug-likeness (QED) is 0.810. The SMILES string of the molecule is CCCNC(CC1CC2CCC1C2)c1ccoc1Cl. The van der Waals surface area contributed by atoms with Crippen molar-refractivity contribution in [3.63, 3.8) is 0 Å². The third-order valence-electron chi connectivity index (χ3n) is 5.09. The first-order valence-electron chi connectivity index (χ1n) is 7.74. The van der Waals surface area contributed by atoms with Gasteiger partial charge in [-0.15, -0.1) is 0 Å². The topological polar surface area (TPSA) is 25.2 Å². The van der Waals surface area contributed by atoms with E-state index >= 15 is 0 Å². The van der Waals surface area contributed by atoms with E-state index in [1.54, 1.807) is 6.26 Å². The summed E-state index contributed by atoms with van der Waals surface area (Å²) in [4.78, 5) is 0. The maximum absolute atomic E-state index is 6.17. The molecule has 2 aliphatic rings. The summed E-state index contributed by atoms with van der Waals surface area (Å²) < 4.78 is 5.28. The van der Waals surface area contributed by atoms with Gasteiger partial charge in [0.1, 0.15) is 0 Å². The largest absolute Gasteiger partial charge is 0.453 e. The highest BCUT2D eigenvalue weighted by atomic mass is 35.5. The Bertz CT molecular complexity index is 417. The van der Waals surface area contributed by atoms with E-state index in [2.05, 4.69) is 12.2 Å². The molecule has 0 spiro atoms. The molecule has 1 aromatic heterocycles. The minimum atomic E-state index is 0.371. The molecule has 2 fully saturated rings. The van der Waals surface area contributed by atoms with E-state index < -0.39 is 0 Å². The third kappa shape index (κ3) is 2.85. The van der Waals surface area contributed by atoms with Crippen LogP contribution in [0.4, 0.5) is 0 Å². The Morgan fingerprint density at radius 3 is 2.89 bits per heavy atom. The fourth-order valence-electron chi connectivity index (χ4n) is 4.16. The van der Waals surface area contributed by atoms with Crippen LogP contribution in [-0.4, -0.2) is 6.54 Å². The van der Waals surface area contributed by atoms with E-state index in [1.807, 2.05) is 6.07 Å². The first kappa shape index (κ1) is 13.5. The van der Waals surface area contributed by atoms with Crippen LogP contribution in [0.3, 0.4) is 0 Å². The zero-order valence-corrected chi connectivity index (χ0v) is 12.5. The Morgan fingerprint density at radius 1 is 1.42 bits per heavy atom. The summed E-state index contributed by atoms with van der Waals surface area (Å²) in [6.45, 7) is 3.26. The molecule has 1 N–H and O–H groups in total. The standard InChI is InChI=1S/C16H24ClNO/c1-2-6-18-15(14-5-7-19-16(14)17)10-13-9-11-3-4-12(13)8-11/h5,7,11-13,15,18H,2-4,6,8-10H2,1H3. The van der Waals surface area contributed by atoms with Gasteiger partial charge in [0.2, 0.25) is 0 Å². The number of halogens is 1. The van der Waals surface area contributed by atoms with Crippen molar-refractivity contribution in [2.45, 2.75) is 51.5 Å². The second-order valence-corrected chi connectivity index (χ2v) is 6.67. The predicted octanol–water partition coefficient (Wildman–Crippen LogP) is 4.80. The molecule has 1 heterocycles. The van der Waals surface area contributed by atoms with Gasteiger partial charge in [-0.05, 0) is 74.1 Å². The average Bonchev–Trinajstić information content (AvgIpc) is 3.10. The van der Waals surface area contributed by atoms with Crippen LogP contribution in [0.2, 0.25) is 5.22 Å². The van der Waals surface area contributed by atoms with Crippen LogP contribution in [0.15, 0.2) is 16.7 Å². The van der Waals surface area contributed by atoms with Gasteiger partial charge >= 0.3 is 0 Å². The molecule has 2 bridgehead atoms. The van der Waals surface area contributed by atoms with Crippen molar-refractivity contribution in [3.8, 4) is 0 Å². The third-order valence-corrected chi connectivity index (χ3v) is 5.39. The molecule has 4 unspecified atom stereocenters. The molecule has 0 saturated heterocycles. The number of rotatable bonds is 6. The molecule has 2 nitrogen and oxygen atoms in total. The lowest BCUT2D eigenvalue weighted by Crippen LogP contribution is -2.26. The van der Waals surface area contributed by atoms with Crippen molar-refractivity contribution in [1.82, 2.24) is 5.32 Å². The Balaban J connectivity index is 1.67. The molecule has 0 radical (unpaired) electrons. The fraction of sp³-hybridized carbons (Fsp3) is 0.750. The first-order chi connectivity index (χ1) is 9.28. The molecule has 0 amide bonds. The van der Waals surface area contributed by atoms with Crippen LogP contribution in [0.25, 0.3) is 0 Å². The highest BCUT2D eigenvalue weighted by molar-refractivity contribution is 6.29. The summed E-state index contributed by atoms with van der Waals surface area (Å²) in [5.41, 5.74) is 1.15. The van der Waals surface area contributed by atoms with E-state index in [9.17, 15) is 0 Å². The molecule has 3 heteroatoms. The van der Waals surface area contributed by atoms with Gasteiger partial charge in [0.15, 0.2) is 5.22 Å². The van der Waals surface area contributed by atoms with Gasteiger partial charge in [0, 0.05) is 11.6 Å². The summed E-state index contributed by atoms with van der Waals surface area (Å²) in [5.74, 6) is 2.88. The van der Waals surface area contributed by atoms with Gasteiger partial charge < -0.3 is 9.73 Å². The van der Waals surface area contributed by atoms with Gasteiger partial charge in [-0.2, -0.15) is 0 Å². The average molecular weight is 282 g/mol. The van der Waals surface area contributed by atoms with Crippen molar-refractivity contribution in [1.29, 1.82) is 0 Å². The lowest BCUT2D eigenvalue weighted by molar-refractivity contribution is 0.279. The number of nitrogens with one attached hydrogen (secondary N) is 1. The Kier molecular flexibility index (Phi) is 4.18. The minimum absolute atomic E-state index is 0.371. The summed E-state index contributed by atoms with van der Waals surface area (Å²) in [6, 6.07) is 2.40. The highest BCUT2D eigenvalue weighted by Gasteiger charge is 2.40. The van der Waals surface area contributed by atoms with E-state index in [0.717, 1.165) is 36.3 Å². The smallest absolute Gasteiger partial charge is 0.197 e. The van der Waals surface area contributed by atoms with Gasteiger partial charge in [0.05, 0.1) is 6.26 Å². The van der Waals surface area contributed by atoms with E-state index in [4.69, 9.17) is 16.0 Å². The van der Waals surface area contributed by atoms with Crippen molar-refractivity contribution in [2.24, 2.45) is 17.8 Å². The first-order valence-corrected chi connectivity index (χ1v) is 8.12. The van der Waals surface area contributed by atoms with Gasteiger partial charge in [-0.25, -0.2) is 0 Å². The second-order valence-electron chi connectivity index (χ2n) is 6.33. The molecule has 2 saturated carbocycles. The lowest BCUT2D eigenvalue weighted by atomic mass is 9.83. The van der Waals surface area contributed by atoms with Crippen molar-refractivity contribution in [2.75, 3.05) is 6.54 Å². The molecule has 106 valence electrons. The second kappa shape index (κ2) is 5.88. The Morgan fingerprint density at radius 2 is 2.32 bits per heavy atom. The van der Waals surface area contributed by atoms with Crippen molar-refractivity contribution < 1.29 is 4.42 Å². The van der Waals surface area contributed by atoms with Crippen LogP contribution in [0, 0.1) is 17.8 Å². The van der Waals surface area contributed by atoms with Crippen LogP contribution < -0.4 is 5.32 Å². The summed E-state index contributed by atoms with van der Waals surface area (Å²) >= 11 is 6.17. The predicted molar refractivity (Wildman–Crippen MR) is 78.3 cm³/mol. The van der Waals surface area contributed by atoms with Crippen molar-refractivity contribution in [3.05, 3.63) is 23.1 Å². The van der Waals surface area contributed by atoms with E-state index in [1.165, 1.54) is 32.1 Å². The molecule has 0 aliphatic heterocycles. The maximum atomic E-state index is 6.17. The fourth-order valence-corrected chi connectivity index (χ4v) is 4.41. The maximum Gasteiger partial charge on any atom is 0.197 e. The molecule has 3 rings (SSSR count). The van der Waals surface area contributed by atoms with Gasteiger partial charge in [-0.1, -0.05) is 13.3 Å². The van der Waals surface area contributed by atoms with Crippen LogP contribution in [-0.2, 0) is 0 Å². The van der Waals surface area contributed by atoms with Crippen LogP contribution >= 0.6 is 11.6 Å². The van der Waals surface area contributed by atoms with Crippen molar-refractivity contribution >= 4 is 11.6 Å². The number of hydrogen-bond donors (Lipinski definition) is 1. The molecule has 1 aromatic rings. The summed E-state index contributed by atoms with van der Waals surface area (Å²) in [5, 5.41) is 4.22. The zero-order valence-electron chi connectivity index (χ0n) is 11.7. The molecular weight excluding hydrogens is 258 g/mol. The van der Waals surface area contributed by atoms with E-state index in [-0.39, 0.29) is 0 Å².